The molecule has 1 fully saturated rings. The summed E-state index contributed by atoms with van der Waals surface area (Å²) in [5, 5.41) is 5.06. The summed E-state index contributed by atoms with van der Waals surface area (Å²) in [4.78, 5) is 20.8. The number of piperidine rings is 1. The van der Waals surface area contributed by atoms with Gasteiger partial charge in [-0.3, -0.25) is 4.99 Å². The molecule has 33 heavy (non-hydrogen) atoms. The van der Waals surface area contributed by atoms with E-state index in [0.29, 0.717) is 12.4 Å². The molecule has 0 radical (unpaired) electrons. The number of benzene rings is 2. The molecule has 0 saturated carbocycles. The highest BCUT2D eigenvalue weighted by Crippen LogP contribution is 2.34. The molecule has 0 amide bonds. The van der Waals surface area contributed by atoms with E-state index < -0.39 is 0 Å². The Morgan fingerprint density at radius 2 is 1.88 bits per heavy atom. The van der Waals surface area contributed by atoms with Crippen LogP contribution in [0.2, 0.25) is 0 Å². The van der Waals surface area contributed by atoms with Crippen molar-refractivity contribution in [2.75, 3.05) is 38.6 Å². The normalized spacial score (nSPS) is 15.2. The van der Waals surface area contributed by atoms with Crippen LogP contribution in [-0.2, 0) is 0 Å². The molecule has 2 aromatic carbocycles. The van der Waals surface area contributed by atoms with Crippen LogP contribution < -0.4 is 15.8 Å². The highest BCUT2D eigenvalue weighted by atomic mass is 32.1. The molecular weight excluding hydrogens is 434 g/mol. The molecule has 0 bridgehead atoms. The molecule has 0 unspecified atom stereocenters. The van der Waals surface area contributed by atoms with E-state index in [2.05, 4.69) is 25.2 Å². The lowest BCUT2D eigenvalue weighted by Crippen LogP contribution is -2.32. The minimum atomic E-state index is 0.489. The first-order chi connectivity index (χ1) is 16.2. The smallest absolute Gasteiger partial charge is 0.159 e. The first-order valence-corrected chi connectivity index (χ1v) is 12.0. The van der Waals surface area contributed by atoms with Crippen LogP contribution in [-0.4, -0.2) is 59.0 Å². The number of hydrogen-bond acceptors (Lipinski definition) is 8. The third-order valence-electron chi connectivity index (χ3n) is 5.88. The minimum Gasteiger partial charge on any atom is -0.497 e. The van der Waals surface area contributed by atoms with Crippen molar-refractivity contribution in [3.8, 4) is 5.75 Å². The third kappa shape index (κ3) is 4.74. The van der Waals surface area contributed by atoms with Crippen LogP contribution in [0.1, 0.15) is 24.3 Å². The van der Waals surface area contributed by atoms with E-state index in [1.54, 1.807) is 13.4 Å². The van der Waals surface area contributed by atoms with Crippen LogP contribution in [0.15, 0.2) is 47.7 Å². The van der Waals surface area contributed by atoms with E-state index in [9.17, 15) is 0 Å². The Kier molecular flexibility index (Phi) is 6.32. The van der Waals surface area contributed by atoms with Gasteiger partial charge in [-0.1, -0.05) is 6.42 Å². The van der Waals surface area contributed by atoms with Gasteiger partial charge in [0.2, 0.25) is 0 Å². The largest absolute Gasteiger partial charge is 0.497 e. The van der Waals surface area contributed by atoms with Gasteiger partial charge in [0.1, 0.15) is 17.9 Å². The number of aromatic nitrogens is 3. The van der Waals surface area contributed by atoms with Gasteiger partial charge < -0.3 is 20.7 Å². The molecule has 0 spiro atoms. The molecule has 5 rings (SSSR count). The van der Waals surface area contributed by atoms with Crippen molar-refractivity contribution in [2.45, 2.75) is 19.3 Å². The summed E-state index contributed by atoms with van der Waals surface area (Å²) in [5.41, 5.74) is 8.96. The van der Waals surface area contributed by atoms with Crippen molar-refractivity contribution in [3.05, 3.63) is 47.7 Å². The number of fused-ring (bicyclic) bond motifs is 3. The van der Waals surface area contributed by atoms with Crippen molar-refractivity contribution >= 4 is 49.8 Å². The second-order valence-electron chi connectivity index (χ2n) is 8.07. The van der Waals surface area contributed by atoms with Crippen LogP contribution in [0, 0.1) is 0 Å². The lowest BCUT2D eigenvalue weighted by molar-refractivity contribution is 0.235. The van der Waals surface area contributed by atoms with E-state index in [0.717, 1.165) is 63.0 Å². The molecule has 0 aliphatic carbocycles. The lowest BCUT2D eigenvalue weighted by Gasteiger charge is -2.25. The lowest BCUT2D eigenvalue weighted by atomic mass is 10.1. The maximum Gasteiger partial charge on any atom is 0.159 e. The number of aliphatic imine (C=N–C) groups is 1. The van der Waals surface area contributed by atoms with Gasteiger partial charge in [-0.05, 0) is 62.3 Å². The summed E-state index contributed by atoms with van der Waals surface area (Å²) >= 11 is 1.53. The van der Waals surface area contributed by atoms with Crippen LogP contribution in [0.4, 0.5) is 11.5 Å². The molecular formula is C24H27N7OS. The Morgan fingerprint density at radius 3 is 2.67 bits per heavy atom. The summed E-state index contributed by atoms with van der Waals surface area (Å²) in [6.07, 6.45) is 5.46. The fourth-order valence-corrected chi connectivity index (χ4v) is 5.14. The van der Waals surface area contributed by atoms with Gasteiger partial charge in [0.15, 0.2) is 10.8 Å². The molecule has 8 nitrogen and oxygen atoms in total. The van der Waals surface area contributed by atoms with Crippen molar-refractivity contribution in [1.29, 1.82) is 0 Å². The predicted molar refractivity (Wildman–Crippen MR) is 135 cm³/mol. The van der Waals surface area contributed by atoms with Gasteiger partial charge in [-0.25, -0.2) is 15.0 Å². The Bertz CT molecular complexity index is 1280. The number of rotatable bonds is 7. The number of methoxy groups -OCH3 is 1. The summed E-state index contributed by atoms with van der Waals surface area (Å²) in [6.45, 7) is 3.95. The van der Waals surface area contributed by atoms with Gasteiger partial charge >= 0.3 is 0 Å². The highest BCUT2D eigenvalue weighted by molar-refractivity contribution is 7.21. The van der Waals surface area contributed by atoms with E-state index in [-0.39, 0.29) is 0 Å². The molecule has 4 aromatic rings. The molecule has 170 valence electrons. The van der Waals surface area contributed by atoms with Crippen LogP contribution in [0.25, 0.3) is 21.1 Å². The summed E-state index contributed by atoms with van der Waals surface area (Å²) in [6, 6.07) is 11.7. The van der Waals surface area contributed by atoms with Gasteiger partial charge in [0.25, 0.3) is 0 Å². The summed E-state index contributed by atoms with van der Waals surface area (Å²) < 4.78 is 6.24. The first kappa shape index (κ1) is 21.5. The number of nitrogens with one attached hydrogen (secondary N) is 1. The molecule has 3 N–H and O–H groups in total. The van der Waals surface area contributed by atoms with Crippen molar-refractivity contribution in [2.24, 2.45) is 10.7 Å². The number of hydrogen-bond donors (Lipinski definition) is 2. The average molecular weight is 462 g/mol. The maximum absolute atomic E-state index is 6.33. The SMILES string of the molecule is COc1ccc(Nc2ncnc3ccc4nc(C(N)=NCCN5CCCCC5)sc4c23)cc1. The van der Waals surface area contributed by atoms with Crippen molar-refractivity contribution in [3.63, 3.8) is 0 Å². The Labute approximate surface area is 196 Å². The molecule has 2 aromatic heterocycles. The monoisotopic (exact) mass is 461 g/mol. The van der Waals surface area contributed by atoms with E-state index in [1.807, 2.05) is 36.4 Å². The number of nitrogens with two attached hydrogens (primary N) is 1. The number of amidine groups is 1. The zero-order valence-electron chi connectivity index (χ0n) is 18.6. The second-order valence-corrected chi connectivity index (χ2v) is 9.07. The fraction of sp³-hybridized carbons (Fsp3) is 0.333. The average Bonchev–Trinajstić information content (AvgIpc) is 3.30. The van der Waals surface area contributed by atoms with Crippen molar-refractivity contribution < 1.29 is 4.74 Å². The number of thiazole rings is 1. The molecule has 9 heteroatoms. The standard InChI is InChI=1S/C24H27N7OS/c1-32-17-7-5-16(6-8-17)29-23-20-18(27-15-28-23)9-10-19-21(20)33-24(30-19)22(25)26-11-14-31-12-3-2-4-13-31/h5-10,15H,2-4,11-14H2,1H3,(H2,25,26)(H,27,28,29). The van der Waals surface area contributed by atoms with Gasteiger partial charge in [0.05, 0.1) is 34.8 Å². The van der Waals surface area contributed by atoms with Crippen LogP contribution >= 0.6 is 11.3 Å². The summed E-state index contributed by atoms with van der Waals surface area (Å²) in [7, 11) is 1.65. The zero-order chi connectivity index (χ0) is 22.6. The number of anilines is 2. The number of nitrogens with zero attached hydrogens (tertiary/aromatic N) is 5. The first-order valence-electron chi connectivity index (χ1n) is 11.2. The minimum absolute atomic E-state index is 0.489. The van der Waals surface area contributed by atoms with E-state index in [1.165, 1.54) is 30.6 Å². The number of ether oxygens (including phenoxy) is 1. The second kappa shape index (κ2) is 9.68. The molecule has 1 aliphatic rings. The van der Waals surface area contributed by atoms with E-state index >= 15 is 0 Å². The molecule has 1 saturated heterocycles. The van der Waals surface area contributed by atoms with Crippen molar-refractivity contribution in [1.82, 2.24) is 19.9 Å². The molecule has 3 heterocycles. The Hall–Kier alpha value is -3.30. The third-order valence-corrected chi connectivity index (χ3v) is 6.99. The van der Waals surface area contributed by atoms with Crippen LogP contribution in [0.5, 0.6) is 5.75 Å². The predicted octanol–water partition coefficient (Wildman–Crippen LogP) is 4.18. The zero-order valence-corrected chi connectivity index (χ0v) is 19.4. The molecule has 0 atom stereocenters. The maximum atomic E-state index is 6.33. The quantitative estimate of drug-likeness (QED) is 0.314. The fourth-order valence-electron chi connectivity index (χ4n) is 4.11. The molecule has 1 aliphatic heterocycles. The topological polar surface area (TPSA) is 102 Å². The summed E-state index contributed by atoms with van der Waals surface area (Å²) in [5.74, 6) is 2.02. The highest BCUT2D eigenvalue weighted by Gasteiger charge is 2.15. The van der Waals surface area contributed by atoms with Gasteiger partial charge in [0, 0.05) is 12.2 Å². The van der Waals surface area contributed by atoms with E-state index in [4.69, 9.17) is 15.5 Å². The Balaban J connectivity index is 1.43. The van der Waals surface area contributed by atoms with Gasteiger partial charge in [-0.2, -0.15) is 0 Å². The Morgan fingerprint density at radius 1 is 1.09 bits per heavy atom. The van der Waals surface area contributed by atoms with Gasteiger partial charge in [-0.15, -0.1) is 11.3 Å². The number of likely N-dealkylation sites (tertiary alicyclic amines) is 1. The van der Waals surface area contributed by atoms with Crippen LogP contribution in [0.3, 0.4) is 0 Å².